The van der Waals surface area contributed by atoms with E-state index in [-0.39, 0.29) is 11.4 Å². The summed E-state index contributed by atoms with van der Waals surface area (Å²) in [6.07, 6.45) is 0. The molecule has 1 heterocycles. The van der Waals surface area contributed by atoms with Gasteiger partial charge in [0.05, 0.1) is 11.1 Å². The minimum atomic E-state index is -0.462. The number of benzene rings is 1. The van der Waals surface area contributed by atoms with Gasteiger partial charge < -0.3 is 10.6 Å². The Morgan fingerprint density at radius 1 is 1.24 bits per heavy atom. The summed E-state index contributed by atoms with van der Waals surface area (Å²) in [6.45, 7) is 10.1. The molecular formula is C14H20N2O. The maximum Gasteiger partial charge on any atom is 0.237 e. The summed E-state index contributed by atoms with van der Waals surface area (Å²) in [6, 6.07) is 5.72. The van der Waals surface area contributed by atoms with Crippen LogP contribution in [0.4, 0.5) is 11.4 Å². The lowest BCUT2D eigenvalue weighted by Gasteiger charge is -2.33. The second-order valence-corrected chi connectivity index (χ2v) is 6.21. The minimum Gasteiger partial charge on any atom is -0.399 e. The molecule has 1 aromatic rings. The van der Waals surface area contributed by atoms with Gasteiger partial charge in [-0.2, -0.15) is 0 Å². The van der Waals surface area contributed by atoms with Gasteiger partial charge in [-0.15, -0.1) is 0 Å². The fraction of sp³-hybridized carbons (Fsp3) is 0.500. The van der Waals surface area contributed by atoms with Gasteiger partial charge in [0.1, 0.15) is 0 Å². The summed E-state index contributed by atoms with van der Waals surface area (Å²) in [4.78, 5) is 14.4. The average Bonchev–Trinajstić information content (AvgIpc) is 2.33. The number of carbonyl (C=O) groups excluding carboxylic acids is 1. The van der Waals surface area contributed by atoms with Crippen LogP contribution in [0.3, 0.4) is 0 Å². The van der Waals surface area contributed by atoms with E-state index in [1.165, 1.54) is 0 Å². The average molecular weight is 232 g/mol. The molecule has 1 aromatic carbocycles. The first-order valence-electron chi connectivity index (χ1n) is 5.90. The highest BCUT2D eigenvalue weighted by Gasteiger charge is 2.47. The number of nitrogen functional groups attached to an aromatic ring is 1. The first-order chi connectivity index (χ1) is 7.65. The number of carbonyl (C=O) groups is 1. The maximum atomic E-state index is 12.5. The molecule has 3 heteroatoms. The number of hydrogen-bond donors (Lipinski definition) is 1. The molecule has 0 radical (unpaired) electrons. The summed E-state index contributed by atoms with van der Waals surface area (Å²) in [5.74, 6) is 0.144. The normalized spacial score (nSPS) is 18.4. The van der Waals surface area contributed by atoms with Crippen molar-refractivity contribution in [1.29, 1.82) is 0 Å². The number of hydrogen-bond acceptors (Lipinski definition) is 2. The molecule has 17 heavy (non-hydrogen) atoms. The lowest BCUT2D eigenvalue weighted by molar-refractivity contribution is -0.123. The van der Waals surface area contributed by atoms with Gasteiger partial charge in [-0.3, -0.25) is 4.79 Å². The van der Waals surface area contributed by atoms with E-state index in [0.29, 0.717) is 5.69 Å². The summed E-state index contributed by atoms with van der Waals surface area (Å²) in [5.41, 5.74) is 7.85. The Hall–Kier alpha value is -1.51. The summed E-state index contributed by atoms with van der Waals surface area (Å²) < 4.78 is 0. The molecule has 0 fully saturated rings. The highest BCUT2D eigenvalue weighted by atomic mass is 16.2. The number of nitrogens with two attached hydrogens (primary N) is 1. The van der Waals surface area contributed by atoms with Crippen molar-refractivity contribution in [1.82, 2.24) is 0 Å². The van der Waals surface area contributed by atoms with Crippen molar-refractivity contribution in [3.05, 3.63) is 23.8 Å². The van der Waals surface area contributed by atoms with Crippen molar-refractivity contribution in [2.24, 2.45) is 0 Å². The molecule has 92 valence electrons. The molecule has 2 rings (SSSR count). The molecule has 2 N–H and O–H groups in total. The van der Waals surface area contributed by atoms with E-state index in [4.69, 9.17) is 5.73 Å². The Morgan fingerprint density at radius 2 is 1.82 bits per heavy atom. The third-order valence-electron chi connectivity index (χ3n) is 3.34. The van der Waals surface area contributed by atoms with E-state index in [2.05, 4.69) is 0 Å². The molecule has 0 aliphatic carbocycles. The lowest BCUT2D eigenvalue weighted by atomic mass is 9.86. The third-order valence-corrected chi connectivity index (χ3v) is 3.34. The lowest BCUT2D eigenvalue weighted by Crippen LogP contribution is -2.47. The quantitative estimate of drug-likeness (QED) is 0.699. The maximum absolute atomic E-state index is 12.5. The van der Waals surface area contributed by atoms with Crippen LogP contribution in [0.15, 0.2) is 18.2 Å². The second kappa shape index (κ2) is 3.25. The van der Waals surface area contributed by atoms with Gasteiger partial charge >= 0.3 is 0 Å². The van der Waals surface area contributed by atoms with Crippen molar-refractivity contribution in [2.45, 2.75) is 45.6 Å². The Bertz CT molecular complexity index is 483. The fourth-order valence-electron chi connectivity index (χ4n) is 2.43. The van der Waals surface area contributed by atoms with Gasteiger partial charge in [-0.1, -0.05) is 6.07 Å². The number of fused-ring (bicyclic) bond motifs is 1. The van der Waals surface area contributed by atoms with Crippen LogP contribution in [0.5, 0.6) is 0 Å². The van der Waals surface area contributed by atoms with Gasteiger partial charge in [0.25, 0.3) is 0 Å². The highest BCUT2D eigenvalue weighted by Crippen LogP contribution is 2.45. The van der Waals surface area contributed by atoms with Crippen molar-refractivity contribution in [3.8, 4) is 0 Å². The van der Waals surface area contributed by atoms with Gasteiger partial charge in [0.2, 0.25) is 5.91 Å². The first kappa shape index (κ1) is 12.0. The number of anilines is 2. The van der Waals surface area contributed by atoms with Crippen LogP contribution >= 0.6 is 0 Å². The topological polar surface area (TPSA) is 46.3 Å². The van der Waals surface area contributed by atoms with Gasteiger partial charge in [-0.25, -0.2) is 0 Å². The van der Waals surface area contributed by atoms with Crippen LogP contribution < -0.4 is 10.6 Å². The predicted molar refractivity (Wildman–Crippen MR) is 71.1 cm³/mol. The van der Waals surface area contributed by atoms with E-state index in [1.807, 2.05) is 57.7 Å². The van der Waals surface area contributed by atoms with E-state index < -0.39 is 5.41 Å². The molecule has 1 amide bonds. The second-order valence-electron chi connectivity index (χ2n) is 6.21. The molecule has 1 aliphatic heterocycles. The van der Waals surface area contributed by atoms with Crippen LogP contribution in [0.2, 0.25) is 0 Å². The van der Waals surface area contributed by atoms with Crippen LogP contribution in [0.25, 0.3) is 0 Å². The molecule has 0 aromatic heterocycles. The first-order valence-corrected chi connectivity index (χ1v) is 5.90. The smallest absolute Gasteiger partial charge is 0.237 e. The molecular weight excluding hydrogens is 212 g/mol. The van der Waals surface area contributed by atoms with Gasteiger partial charge in [-0.05, 0) is 52.3 Å². The summed E-state index contributed by atoms with van der Waals surface area (Å²) >= 11 is 0. The predicted octanol–water partition coefficient (Wildman–Crippen LogP) is 2.69. The zero-order chi connectivity index (χ0) is 13.0. The van der Waals surface area contributed by atoms with Crippen molar-refractivity contribution < 1.29 is 4.79 Å². The van der Waals surface area contributed by atoms with Gasteiger partial charge in [0.15, 0.2) is 0 Å². The Kier molecular flexibility index (Phi) is 2.29. The SMILES string of the molecule is CC1(C)C(=O)N(C(C)(C)C)c2cc(N)ccc21. The number of amides is 1. The van der Waals surface area contributed by atoms with E-state index >= 15 is 0 Å². The van der Waals surface area contributed by atoms with Gasteiger partial charge in [0, 0.05) is 11.2 Å². The number of rotatable bonds is 0. The Morgan fingerprint density at radius 3 is 2.35 bits per heavy atom. The molecule has 0 atom stereocenters. The van der Waals surface area contributed by atoms with Crippen molar-refractivity contribution in [3.63, 3.8) is 0 Å². The molecule has 0 saturated heterocycles. The van der Waals surface area contributed by atoms with Crippen molar-refractivity contribution >= 4 is 17.3 Å². The van der Waals surface area contributed by atoms with Crippen LogP contribution in [-0.2, 0) is 10.2 Å². The summed E-state index contributed by atoms with van der Waals surface area (Å²) in [5, 5.41) is 0. The Labute approximate surface area is 103 Å². The molecule has 0 saturated carbocycles. The Balaban J connectivity index is 2.69. The van der Waals surface area contributed by atoms with E-state index in [1.54, 1.807) is 0 Å². The largest absolute Gasteiger partial charge is 0.399 e. The zero-order valence-corrected chi connectivity index (χ0v) is 11.2. The third kappa shape index (κ3) is 1.61. The van der Waals surface area contributed by atoms with Crippen LogP contribution in [0.1, 0.15) is 40.2 Å². The van der Waals surface area contributed by atoms with E-state index in [0.717, 1.165) is 11.3 Å². The van der Waals surface area contributed by atoms with Crippen LogP contribution in [-0.4, -0.2) is 11.4 Å². The molecule has 1 aliphatic rings. The highest BCUT2D eigenvalue weighted by molar-refractivity contribution is 6.08. The fourth-order valence-corrected chi connectivity index (χ4v) is 2.43. The standard InChI is InChI=1S/C14H20N2O/c1-13(2,3)16-11-8-9(15)6-7-10(11)14(4,5)12(16)17/h6-8H,15H2,1-5H3. The monoisotopic (exact) mass is 232 g/mol. The molecule has 0 spiro atoms. The van der Waals surface area contributed by atoms with Crippen molar-refractivity contribution in [2.75, 3.05) is 10.6 Å². The summed E-state index contributed by atoms with van der Waals surface area (Å²) in [7, 11) is 0. The number of nitrogens with zero attached hydrogens (tertiary/aromatic N) is 1. The van der Waals surface area contributed by atoms with E-state index in [9.17, 15) is 4.79 Å². The molecule has 3 nitrogen and oxygen atoms in total. The minimum absolute atomic E-state index is 0.144. The zero-order valence-electron chi connectivity index (χ0n) is 11.2. The molecule has 0 unspecified atom stereocenters. The molecule has 0 bridgehead atoms. The van der Waals surface area contributed by atoms with Crippen LogP contribution in [0, 0.1) is 0 Å².